The molecule has 0 aliphatic heterocycles. The minimum Gasteiger partial charge on any atom is -0.501 e. The molecule has 134 valence electrons. The van der Waals surface area contributed by atoms with E-state index in [4.69, 9.17) is 24.6 Å². The largest absolute Gasteiger partial charge is 0.522 e. The molecule has 2 aromatic rings. The van der Waals surface area contributed by atoms with Crippen LogP contribution >= 0.6 is 11.6 Å². The number of phenolic OH excluding ortho intramolecular Hbond substituents is 1. The van der Waals surface area contributed by atoms with E-state index in [1.54, 1.807) is 18.3 Å². The van der Waals surface area contributed by atoms with Crippen molar-refractivity contribution in [1.82, 2.24) is 9.47 Å². The summed E-state index contributed by atoms with van der Waals surface area (Å²) in [5.41, 5.74) is -4.22. The topological polar surface area (TPSA) is 87.5 Å². The van der Waals surface area contributed by atoms with E-state index in [-0.39, 0.29) is 5.75 Å². The lowest BCUT2D eigenvalue weighted by molar-refractivity contribution is -0.0510. The van der Waals surface area contributed by atoms with Gasteiger partial charge in [0.2, 0.25) is 5.75 Å². The Kier molecular flexibility index (Phi) is 5.71. The smallest absolute Gasteiger partial charge is 0.501 e. The number of pyridine rings is 1. The second-order valence-corrected chi connectivity index (χ2v) is 7.38. The normalized spacial score (nSPS) is 12.7. The summed E-state index contributed by atoms with van der Waals surface area (Å²) < 4.78 is 58.0. The van der Waals surface area contributed by atoms with Gasteiger partial charge in [0.1, 0.15) is 5.52 Å². The zero-order valence-electron chi connectivity index (χ0n) is 12.8. The number of halogens is 4. The van der Waals surface area contributed by atoms with Gasteiger partial charge in [0.15, 0.2) is 5.69 Å². The van der Waals surface area contributed by atoms with Crippen molar-refractivity contribution in [2.24, 2.45) is 0 Å². The van der Waals surface area contributed by atoms with E-state index < -0.39 is 15.6 Å². The summed E-state index contributed by atoms with van der Waals surface area (Å²) in [7, 11) is 0.0769. The van der Waals surface area contributed by atoms with Crippen molar-refractivity contribution in [3.8, 4) is 5.75 Å². The van der Waals surface area contributed by atoms with Crippen LogP contribution in [0.5, 0.6) is 5.75 Å². The van der Waals surface area contributed by atoms with Gasteiger partial charge in [-0.2, -0.15) is 21.6 Å². The zero-order chi connectivity index (χ0) is 18.9. The van der Waals surface area contributed by atoms with Gasteiger partial charge in [-0.1, -0.05) is 11.6 Å². The fourth-order valence-corrected chi connectivity index (χ4v) is 1.94. The minimum atomic E-state index is -5.84. The van der Waals surface area contributed by atoms with E-state index in [1.165, 1.54) is 0 Å². The highest BCUT2D eigenvalue weighted by atomic mass is 35.5. The molecule has 0 aliphatic carbocycles. The maximum atomic E-state index is 10.7. The van der Waals surface area contributed by atoms with Crippen molar-refractivity contribution >= 4 is 38.3 Å². The number of alkyl halides is 3. The van der Waals surface area contributed by atoms with Gasteiger partial charge >= 0.3 is 15.6 Å². The first-order valence-corrected chi connectivity index (χ1v) is 8.10. The summed E-state index contributed by atoms with van der Waals surface area (Å²) in [5, 5.41) is 11.6. The SMILES string of the molecule is C[N+](C)(C)c1cc(Cl)c2cccnc2c1O.O=S(=O)(O)C(F)(F)F. The Hall–Kier alpha value is -1.62. The highest BCUT2D eigenvalue weighted by molar-refractivity contribution is 7.86. The molecule has 0 atom stereocenters. The third-order valence-corrected chi connectivity index (χ3v) is 3.71. The Bertz CT molecular complexity index is 849. The third kappa shape index (κ3) is 4.69. The van der Waals surface area contributed by atoms with E-state index in [0.29, 0.717) is 15.0 Å². The number of nitrogens with zero attached hydrogens (tertiary/aromatic N) is 2. The van der Waals surface area contributed by atoms with Crippen LogP contribution in [0, 0.1) is 0 Å². The fraction of sp³-hybridized carbons (Fsp3) is 0.308. The summed E-state index contributed by atoms with van der Waals surface area (Å²) in [6, 6.07) is 5.45. The Morgan fingerprint density at radius 3 is 2.17 bits per heavy atom. The maximum absolute atomic E-state index is 10.7. The van der Waals surface area contributed by atoms with Crippen molar-refractivity contribution < 1.29 is 31.2 Å². The standard InChI is InChI=1S/C12H13ClN2O.CHF3O3S/c1-15(2,3)10-7-9(13)8-5-4-6-14-11(8)12(10)16;2-1(3,4)8(5,6)7/h4-7H,1-3H3;(H,5,6,7)/p+1. The summed E-state index contributed by atoms with van der Waals surface area (Å²) in [4.78, 5) is 4.17. The van der Waals surface area contributed by atoms with Gasteiger partial charge in [0.25, 0.3) is 0 Å². The number of benzene rings is 1. The Morgan fingerprint density at radius 1 is 1.25 bits per heavy atom. The predicted octanol–water partition coefficient (Wildman–Crippen LogP) is 3.18. The van der Waals surface area contributed by atoms with Crippen LogP contribution in [0.15, 0.2) is 24.4 Å². The number of quaternary nitrogens is 1. The molecule has 24 heavy (non-hydrogen) atoms. The molecule has 1 aromatic heterocycles. The van der Waals surface area contributed by atoms with Crippen LogP contribution in [0.25, 0.3) is 10.9 Å². The molecular weight excluding hydrogens is 373 g/mol. The molecule has 2 N–H and O–H groups in total. The predicted molar refractivity (Wildman–Crippen MR) is 85.6 cm³/mol. The lowest BCUT2D eigenvalue weighted by atomic mass is 10.1. The molecule has 6 nitrogen and oxygen atoms in total. The van der Waals surface area contributed by atoms with Gasteiger partial charge in [-0.3, -0.25) is 14.0 Å². The zero-order valence-corrected chi connectivity index (χ0v) is 14.4. The number of phenols is 1. The Morgan fingerprint density at radius 2 is 1.75 bits per heavy atom. The fourth-order valence-electron chi connectivity index (χ4n) is 1.69. The summed E-state index contributed by atoms with van der Waals surface area (Å²) in [6.45, 7) is 0. The molecular formula is C13H15ClF3N2O4S+. The van der Waals surface area contributed by atoms with E-state index in [9.17, 15) is 18.3 Å². The molecule has 0 saturated carbocycles. The van der Waals surface area contributed by atoms with Crippen LogP contribution in [-0.2, 0) is 10.1 Å². The van der Waals surface area contributed by atoms with Crippen molar-refractivity contribution in [2.45, 2.75) is 5.51 Å². The second kappa shape index (κ2) is 6.71. The van der Waals surface area contributed by atoms with E-state index in [2.05, 4.69) is 4.98 Å². The Balaban J connectivity index is 0.000000307. The number of fused-ring (bicyclic) bond motifs is 1. The van der Waals surface area contributed by atoms with Crippen LogP contribution in [0.2, 0.25) is 5.02 Å². The number of rotatable bonds is 1. The van der Waals surface area contributed by atoms with Crippen molar-refractivity contribution in [3.05, 3.63) is 29.4 Å². The van der Waals surface area contributed by atoms with Gasteiger partial charge in [-0.25, -0.2) is 0 Å². The minimum absolute atomic E-state index is 0.201. The van der Waals surface area contributed by atoms with Gasteiger partial charge in [-0.15, -0.1) is 0 Å². The molecule has 11 heteroatoms. The van der Waals surface area contributed by atoms with Gasteiger partial charge in [0.05, 0.1) is 26.2 Å². The molecule has 0 bridgehead atoms. The summed E-state index contributed by atoms with van der Waals surface area (Å²) >= 11 is 6.18. The third-order valence-electron chi connectivity index (χ3n) is 2.81. The number of aromatic nitrogens is 1. The number of hydrogen-bond donors (Lipinski definition) is 2. The average Bonchev–Trinajstić information content (AvgIpc) is 2.40. The molecule has 0 fully saturated rings. The highest BCUT2D eigenvalue weighted by Gasteiger charge is 2.44. The lowest BCUT2D eigenvalue weighted by Gasteiger charge is -2.24. The molecule has 0 amide bonds. The second-order valence-electron chi connectivity index (χ2n) is 5.56. The number of aromatic hydroxyl groups is 1. The van der Waals surface area contributed by atoms with Crippen LogP contribution in [0.1, 0.15) is 0 Å². The molecule has 0 radical (unpaired) electrons. The van der Waals surface area contributed by atoms with Gasteiger partial charge in [-0.05, 0) is 12.1 Å². The van der Waals surface area contributed by atoms with Gasteiger partial charge < -0.3 is 5.11 Å². The van der Waals surface area contributed by atoms with Gasteiger partial charge in [0, 0.05) is 17.6 Å². The van der Waals surface area contributed by atoms with Crippen LogP contribution in [0.4, 0.5) is 18.9 Å². The first-order chi connectivity index (χ1) is 10.7. The molecule has 0 unspecified atom stereocenters. The Labute approximate surface area is 141 Å². The molecule has 0 spiro atoms. The average molecular weight is 388 g/mol. The number of hydrogen-bond acceptors (Lipinski definition) is 4. The van der Waals surface area contributed by atoms with E-state index >= 15 is 0 Å². The highest BCUT2D eigenvalue weighted by Crippen LogP contribution is 2.39. The molecule has 0 saturated heterocycles. The van der Waals surface area contributed by atoms with Crippen molar-refractivity contribution in [1.29, 1.82) is 0 Å². The molecule has 1 aromatic carbocycles. The summed E-state index contributed by atoms with van der Waals surface area (Å²) in [5.74, 6) is 0.201. The monoisotopic (exact) mass is 387 g/mol. The van der Waals surface area contributed by atoms with E-state index in [0.717, 1.165) is 11.1 Å². The van der Waals surface area contributed by atoms with Crippen molar-refractivity contribution in [3.63, 3.8) is 0 Å². The first-order valence-electron chi connectivity index (χ1n) is 6.28. The van der Waals surface area contributed by atoms with Crippen LogP contribution < -0.4 is 4.48 Å². The quantitative estimate of drug-likeness (QED) is 0.446. The first kappa shape index (κ1) is 20.4. The molecule has 1 heterocycles. The van der Waals surface area contributed by atoms with Crippen LogP contribution in [0.3, 0.4) is 0 Å². The van der Waals surface area contributed by atoms with Crippen molar-refractivity contribution in [2.75, 3.05) is 21.1 Å². The van der Waals surface area contributed by atoms with E-state index in [1.807, 2.05) is 27.2 Å². The maximum Gasteiger partial charge on any atom is 0.522 e. The lowest BCUT2D eigenvalue weighted by Crippen LogP contribution is -2.34. The molecule has 0 aliphatic rings. The summed E-state index contributed by atoms with van der Waals surface area (Å²) in [6.07, 6.45) is 1.65. The van der Waals surface area contributed by atoms with Crippen LogP contribution in [-0.4, -0.2) is 49.7 Å². The molecule has 2 rings (SSSR count).